The molecule has 4 nitrogen and oxygen atoms in total. The molecule has 1 N–H and O–H groups in total. The number of halogens is 2. The van der Waals surface area contributed by atoms with Gasteiger partial charge in [0.25, 0.3) is 5.91 Å². The van der Waals surface area contributed by atoms with Gasteiger partial charge in [0, 0.05) is 23.9 Å². The molecule has 2 aromatic carbocycles. The summed E-state index contributed by atoms with van der Waals surface area (Å²) in [7, 11) is 1.85. The van der Waals surface area contributed by atoms with Crippen LogP contribution in [0.4, 0.5) is 4.39 Å². The molecular weight excluding hydrogens is 373 g/mol. The molecule has 0 unspecified atom stereocenters. The van der Waals surface area contributed by atoms with Crippen molar-refractivity contribution in [2.45, 2.75) is 6.04 Å². The fraction of sp³-hybridized carbons (Fsp3) is 0.111. The third-order valence-corrected chi connectivity index (χ3v) is 4.19. The van der Waals surface area contributed by atoms with Crippen molar-refractivity contribution >= 4 is 21.8 Å². The summed E-state index contributed by atoms with van der Waals surface area (Å²) in [5.41, 5.74) is 0.867. The van der Waals surface area contributed by atoms with Crippen molar-refractivity contribution in [3.05, 3.63) is 88.2 Å². The van der Waals surface area contributed by atoms with Crippen LogP contribution in [0.25, 0.3) is 0 Å². The van der Waals surface area contributed by atoms with E-state index >= 15 is 0 Å². The molecule has 0 saturated carbocycles. The maximum absolute atomic E-state index is 14.1. The van der Waals surface area contributed by atoms with E-state index in [1.807, 2.05) is 41.9 Å². The topological polar surface area (TPSA) is 46.9 Å². The standard InChI is InChI=1S/C18H15BrFN3O/c1-23-10-9-21-17(23)16(12-5-3-2-4-6-12)22-18(24)14-8-7-13(19)11-15(14)20/h2-11,16H,1H3,(H,22,24)/t16-/m0/s1. The Bertz CT molecular complexity index is 864. The van der Waals surface area contributed by atoms with E-state index in [1.165, 1.54) is 12.1 Å². The lowest BCUT2D eigenvalue weighted by Crippen LogP contribution is -2.31. The number of aryl methyl sites for hydroxylation is 1. The summed E-state index contributed by atoms with van der Waals surface area (Å²) in [6.07, 6.45) is 3.47. The van der Waals surface area contributed by atoms with E-state index in [1.54, 1.807) is 18.5 Å². The lowest BCUT2D eigenvalue weighted by molar-refractivity contribution is 0.0937. The molecule has 0 bridgehead atoms. The highest BCUT2D eigenvalue weighted by Gasteiger charge is 2.22. The second-order valence-electron chi connectivity index (χ2n) is 5.34. The highest BCUT2D eigenvalue weighted by molar-refractivity contribution is 9.10. The van der Waals surface area contributed by atoms with Gasteiger partial charge >= 0.3 is 0 Å². The van der Waals surface area contributed by atoms with E-state index in [9.17, 15) is 9.18 Å². The van der Waals surface area contributed by atoms with Crippen LogP contribution < -0.4 is 5.32 Å². The molecule has 1 aromatic heterocycles. The second kappa shape index (κ2) is 6.97. The number of nitrogens with zero attached hydrogens (tertiary/aromatic N) is 2. The first-order chi connectivity index (χ1) is 11.6. The Hall–Kier alpha value is -2.47. The van der Waals surface area contributed by atoms with Gasteiger partial charge in [0.15, 0.2) is 0 Å². The van der Waals surface area contributed by atoms with Crippen LogP contribution in [0, 0.1) is 5.82 Å². The smallest absolute Gasteiger partial charge is 0.255 e. The third kappa shape index (κ3) is 3.38. The monoisotopic (exact) mass is 387 g/mol. The van der Waals surface area contributed by atoms with E-state index in [-0.39, 0.29) is 5.56 Å². The molecule has 1 amide bonds. The Morgan fingerprint density at radius 3 is 2.62 bits per heavy atom. The number of aromatic nitrogens is 2. The number of amides is 1. The maximum atomic E-state index is 14.1. The van der Waals surface area contributed by atoms with Crippen LogP contribution in [0.1, 0.15) is 27.8 Å². The zero-order valence-electron chi connectivity index (χ0n) is 12.9. The Balaban J connectivity index is 1.95. The van der Waals surface area contributed by atoms with Crippen LogP contribution in [-0.4, -0.2) is 15.5 Å². The molecule has 24 heavy (non-hydrogen) atoms. The van der Waals surface area contributed by atoms with Gasteiger partial charge in [-0.1, -0.05) is 46.3 Å². The highest BCUT2D eigenvalue weighted by Crippen LogP contribution is 2.22. The average molecular weight is 388 g/mol. The number of carbonyl (C=O) groups excluding carboxylic acids is 1. The molecule has 0 spiro atoms. The number of hydrogen-bond acceptors (Lipinski definition) is 2. The van der Waals surface area contributed by atoms with Crippen molar-refractivity contribution in [1.29, 1.82) is 0 Å². The fourth-order valence-corrected chi connectivity index (χ4v) is 2.81. The van der Waals surface area contributed by atoms with Gasteiger partial charge in [-0.05, 0) is 23.8 Å². The van der Waals surface area contributed by atoms with Gasteiger partial charge in [-0.25, -0.2) is 9.37 Å². The van der Waals surface area contributed by atoms with Crippen LogP contribution in [0.15, 0.2) is 65.4 Å². The van der Waals surface area contributed by atoms with Crippen LogP contribution in [0.3, 0.4) is 0 Å². The number of nitrogens with one attached hydrogen (secondary N) is 1. The minimum Gasteiger partial charge on any atom is -0.338 e. The van der Waals surface area contributed by atoms with Crippen LogP contribution in [0.2, 0.25) is 0 Å². The summed E-state index contributed by atoms with van der Waals surface area (Å²) in [4.78, 5) is 16.9. The molecule has 0 saturated heterocycles. The molecule has 122 valence electrons. The maximum Gasteiger partial charge on any atom is 0.255 e. The first-order valence-corrected chi connectivity index (χ1v) is 8.13. The largest absolute Gasteiger partial charge is 0.338 e. The summed E-state index contributed by atoms with van der Waals surface area (Å²) >= 11 is 3.19. The summed E-state index contributed by atoms with van der Waals surface area (Å²) in [5, 5.41) is 2.88. The van der Waals surface area contributed by atoms with Gasteiger partial charge in [0.05, 0.1) is 5.56 Å². The van der Waals surface area contributed by atoms with Crippen molar-refractivity contribution in [3.8, 4) is 0 Å². The predicted octanol–water partition coefficient (Wildman–Crippen LogP) is 3.84. The number of imidazole rings is 1. The van der Waals surface area contributed by atoms with E-state index in [0.717, 1.165) is 5.56 Å². The molecule has 0 aliphatic rings. The number of hydrogen-bond donors (Lipinski definition) is 1. The van der Waals surface area contributed by atoms with Crippen molar-refractivity contribution in [2.75, 3.05) is 0 Å². The molecule has 3 rings (SSSR count). The lowest BCUT2D eigenvalue weighted by atomic mass is 10.1. The zero-order valence-corrected chi connectivity index (χ0v) is 14.5. The summed E-state index contributed by atoms with van der Waals surface area (Å²) in [6, 6.07) is 13.4. The van der Waals surface area contributed by atoms with Gasteiger partial charge in [-0.3, -0.25) is 4.79 Å². The van der Waals surface area contributed by atoms with Gasteiger partial charge in [-0.15, -0.1) is 0 Å². The first kappa shape index (κ1) is 16.4. The molecule has 0 aliphatic heterocycles. The highest BCUT2D eigenvalue weighted by atomic mass is 79.9. The molecular formula is C18H15BrFN3O. The van der Waals surface area contributed by atoms with Gasteiger partial charge in [0.2, 0.25) is 0 Å². The van der Waals surface area contributed by atoms with Crippen LogP contribution in [0.5, 0.6) is 0 Å². The van der Waals surface area contributed by atoms with E-state index < -0.39 is 17.8 Å². The minimum atomic E-state index is -0.575. The van der Waals surface area contributed by atoms with Crippen LogP contribution >= 0.6 is 15.9 Å². The molecule has 1 atom stereocenters. The second-order valence-corrected chi connectivity index (χ2v) is 6.25. The van der Waals surface area contributed by atoms with Crippen molar-refractivity contribution < 1.29 is 9.18 Å². The zero-order chi connectivity index (χ0) is 17.1. The molecule has 0 radical (unpaired) electrons. The predicted molar refractivity (Wildman–Crippen MR) is 93.1 cm³/mol. The number of benzene rings is 2. The van der Waals surface area contributed by atoms with E-state index in [4.69, 9.17) is 0 Å². The normalized spacial score (nSPS) is 12.0. The minimum absolute atomic E-state index is 0.00617. The molecule has 6 heteroatoms. The summed E-state index contributed by atoms with van der Waals surface area (Å²) < 4.78 is 16.5. The van der Waals surface area contributed by atoms with Crippen molar-refractivity contribution in [3.63, 3.8) is 0 Å². The molecule has 0 aliphatic carbocycles. The number of carbonyl (C=O) groups is 1. The van der Waals surface area contributed by atoms with Gasteiger partial charge < -0.3 is 9.88 Å². The lowest BCUT2D eigenvalue weighted by Gasteiger charge is -2.19. The van der Waals surface area contributed by atoms with Crippen molar-refractivity contribution in [2.24, 2.45) is 7.05 Å². The molecule has 0 fully saturated rings. The Morgan fingerprint density at radius 1 is 1.25 bits per heavy atom. The fourth-order valence-electron chi connectivity index (χ4n) is 2.48. The quantitative estimate of drug-likeness (QED) is 0.738. The Kier molecular flexibility index (Phi) is 4.76. The van der Waals surface area contributed by atoms with Crippen molar-refractivity contribution in [1.82, 2.24) is 14.9 Å². The van der Waals surface area contributed by atoms with Crippen LogP contribution in [-0.2, 0) is 7.05 Å². The Morgan fingerprint density at radius 2 is 2.00 bits per heavy atom. The SMILES string of the molecule is Cn1ccnc1[C@@H](NC(=O)c1ccc(Br)cc1F)c1ccccc1. The van der Waals surface area contributed by atoms with E-state index in [0.29, 0.717) is 10.3 Å². The first-order valence-electron chi connectivity index (χ1n) is 7.34. The average Bonchev–Trinajstić information content (AvgIpc) is 2.99. The number of rotatable bonds is 4. The summed E-state index contributed by atoms with van der Waals surface area (Å²) in [6.45, 7) is 0. The van der Waals surface area contributed by atoms with Gasteiger partial charge in [0.1, 0.15) is 17.7 Å². The third-order valence-electron chi connectivity index (χ3n) is 3.70. The molecule has 1 heterocycles. The molecule has 3 aromatic rings. The van der Waals surface area contributed by atoms with Gasteiger partial charge in [-0.2, -0.15) is 0 Å². The Labute approximate surface area is 147 Å². The summed E-state index contributed by atoms with van der Waals surface area (Å²) in [5.74, 6) is -0.391. The van der Waals surface area contributed by atoms with E-state index in [2.05, 4.69) is 26.2 Å².